The van der Waals surface area contributed by atoms with Crippen LogP contribution in [0.3, 0.4) is 0 Å². The van der Waals surface area contributed by atoms with Crippen molar-refractivity contribution in [3.8, 4) is 0 Å². The van der Waals surface area contributed by atoms with Crippen molar-refractivity contribution in [3.63, 3.8) is 0 Å². The quantitative estimate of drug-likeness (QED) is 0.671. The van der Waals surface area contributed by atoms with Gasteiger partial charge in [0, 0.05) is 0 Å². The van der Waals surface area contributed by atoms with Crippen molar-refractivity contribution < 1.29 is 4.79 Å². The van der Waals surface area contributed by atoms with Gasteiger partial charge in [-0.2, -0.15) is 0 Å². The second kappa shape index (κ2) is 4.89. The Morgan fingerprint density at radius 1 is 1.60 bits per heavy atom. The van der Waals surface area contributed by atoms with Gasteiger partial charge in [-0.15, -0.1) is 0 Å². The van der Waals surface area contributed by atoms with Crippen molar-refractivity contribution >= 4 is 21.8 Å². The Balaban J connectivity index is 3.72. The average Bonchev–Trinajstić information content (AvgIpc) is 1.81. The van der Waals surface area contributed by atoms with Gasteiger partial charge < -0.3 is 0 Å². The first-order chi connectivity index (χ1) is 4.57. The molecule has 0 amide bonds. The zero-order valence-electron chi connectivity index (χ0n) is 6.72. The Hall–Kier alpha value is 0.149. The van der Waals surface area contributed by atoms with Crippen LogP contribution in [-0.2, 0) is 4.79 Å². The summed E-state index contributed by atoms with van der Waals surface area (Å²) in [5.74, 6) is 0.217. The van der Waals surface area contributed by atoms with Crippen LogP contribution in [0.5, 0.6) is 0 Å². The molecule has 0 radical (unpaired) electrons. The second-order valence-corrected chi connectivity index (χ2v) is 3.43. The summed E-state index contributed by atoms with van der Waals surface area (Å²) in [6.45, 7) is 5.70. The summed E-state index contributed by atoms with van der Waals surface area (Å²) in [5.41, 5.74) is 0. The molecule has 0 aliphatic heterocycles. The molecule has 0 saturated heterocycles. The van der Waals surface area contributed by atoms with Gasteiger partial charge in [0.15, 0.2) is 0 Å². The zero-order valence-corrected chi connectivity index (χ0v) is 8.59. The summed E-state index contributed by atoms with van der Waals surface area (Å²) >= 11 is 2.43. The molecule has 60 valence electrons. The standard InChI is InChI=1S/C7H15NOSe/c1-5(2)8-7(4-10)6(3)9/h5,7-8,10H,4H2,1-3H3. The number of Topliss-reactive ketones (excluding diaryl/α,β-unsaturated/α-hetero) is 1. The number of carbonyl (C=O) groups is 1. The van der Waals surface area contributed by atoms with Gasteiger partial charge in [0.25, 0.3) is 0 Å². The Bertz CT molecular complexity index is 114. The predicted molar refractivity (Wildman–Crippen MR) is 44.7 cm³/mol. The average molecular weight is 208 g/mol. The summed E-state index contributed by atoms with van der Waals surface area (Å²) < 4.78 is 0. The molecule has 0 saturated carbocycles. The molecule has 0 rings (SSSR count). The molecule has 0 bridgehead atoms. The second-order valence-electron chi connectivity index (χ2n) is 2.67. The van der Waals surface area contributed by atoms with Crippen LogP contribution in [0.15, 0.2) is 0 Å². The van der Waals surface area contributed by atoms with Crippen molar-refractivity contribution in [1.29, 1.82) is 0 Å². The molecule has 3 heteroatoms. The van der Waals surface area contributed by atoms with E-state index in [0.29, 0.717) is 6.04 Å². The van der Waals surface area contributed by atoms with Crippen molar-refractivity contribution in [3.05, 3.63) is 0 Å². The summed E-state index contributed by atoms with van der Waals surface area (Å²) in [6.07, 6.45) is 0. The molecule has 1 atom stereocenters. The predicted octanol–water partition coefficient (Wildman–Crippen LogP) is 0.261. The van der Waals surface area contributed by atoms with E-state index in [1.54, 1.807) is 6.92 Å². The molecule has 0 aliphatic rings. The molecule has 10 heavy (non-hydrogen) atoms. The third kappa shape index (κ3) is 4.04. The Morgan fingerprint density at radius 3 is 2.20 bits per heavy atom. The number of hydrogen-bond acceptors (Lipinski definition) is 2. The van der Waals surface area contributed by atoms with Crippen molar-refractivity contribution in [2.24, 2.45) is 0 Å². The molecule has 0 aromatic rings. The van der Waals surface area contributed by atoms with Crippen molar-refractivity contribution in [1.82, 2.24) is 5.32 Å². The minimum absolute atomic E-state index is 0.0278. The molecular weight excluding hydrogens is 193 g/mol. The first kappa shape index (κ1) is 10.1. The Morgan fingerprint density at radius 2 is 2.10 bits per heavy atom. The van der Waals surface area contributed by atoms with Crippen LogP contribution < -0.4 is 5.32 Å². The fraction of sp³-hybridized carbons (Fsp3) is 0.857. The van der Waals surface area contributed by atoms with E-state index in [9.17, 15) is 4.79 Å². The van der Waals surface area contributed by atoms with Gasteiger partial charge in [-0.25, -0.2) is 0 Å². The fourth-order valence-corrected chi connectivity index (χ4v) is 1.46. The van der Waals surface area contributed by atoms with Crippen molar-refractivity contribution in [2.75, 3.05) is 0 Å². The maximum absolute atomic E-state index is 10.8. The maximum atomic E-state index is 10.8. The van der Waals surface area contributed by atoms with Crippen LogP contribution in [-0.4, -0.2) is 33.9 Å². The van der Waals surface area contributed by atoms with E-state index >= 15 is 0 Å². The SMILES string of the molecule is CC(=O)C(C[SeH])NC(C)C. The number of carbonyl (C=O) groups excluding carboxylic acids is 1. The summed E-state index contributed by atoms with van der Waals surface area (Å²) in [7, 11) is 0. The van der Waals surface area contributed by atoms with Crippen LogP contribution in [0.4, 0.5) is 0 Å². The molecule has 1 unspecified atom stereocenters. The van der Waals surface area contributed by atoms with E-state index in [-0.39, 0.29) is 11.8 Å². The van der Waals surface area contributed by atoms with Crippen molar-refractivity contribution in [2.45, 2.75) is 38.2 Å². The molecule has 0 fully saturated rings. The molecule has 1 N–H and O–H groups in total. The topological polar surface area (TPSA) is 29.1 Å². The van der Waals surface area contributed by atoms with Gasteiger partial charge in [-0.3, -0.25) is 0 Å². The molecule has 0 aliphatic carbocycles. The van der Waals surface area contributed by atoms with Crippen LogP contribution >= 0.6 is 0 Å². The van der Waals surface area contributed by atoms with Gasteiger partial charge >= 0.3 is 70.1 Å². The van der Waals surface area contributed by atoms with Gasteiger partial charge in [0.05, 0.1) is 0 Å². The van der Waals surface area contributed by atoms with Crippen LogP contribution in [0.2, 0.25) is 5.32 Å². The zero-order chi connectivity index (χ0) is 8.15. The summed E-state index contributed by atoms with van der Waals surface area (Å²) in [4.78, 5) is 10.8. The fourth-order valence-electron chi connectivity index (χ4n) is 0.701. The molecular formula is C7H15NOSe. The first-order valence-corrected chi connectivity index (χ1v) is 4.78. The number of ketones is 1. The van der Waals surface area contributed by atoms with Gasteiger partial charge in [0.2, 0.25) is 0 Å². The third-order valence-corrected chi connectivity index (χ3v) is 1.97. The monoisotopic (exact) mass is 209 g/mol. The Labute approximate surface area is 70.6 Å². The van der Waals surface area contributed by atoms with Crippen LogP contribution in [0.1, 0.15) is 20.8 Å². The summed E-state index contributed by atoms with van der Waals surface area (Å²) in [6, 6.07) is 0.415. The number of rotatable bonds is 4. The third-order valence-electron chi connectivity index (χ3n) is 1.21. The Kier molecular flexibility index (Phi) is 4.96. The van der Waals surface area contributed by atoms with Gasteiger partial charge in [0.1, 0.15) is 0 Å². The molecule has 0 heterocycles. The van der Waals surface area contributed by atoms with Crippen LogP contribution in [0, 0.1) is 0 Å². The molecule has 0 aromatic heterocycles. The first-order valence-electron chi connectivity index (χ1n) is 3.45. The minimum atomic E-state index is 0.0278. The van der Waals surface area contributed by atoms with E-state index in [1.807, 2.05) is 13.8 Å². The van der Waals surface area contributed by atoms with E-state index in [4.69, 9.17) is 0 Å². The number of hydrogen-bond donors (Lipinski definition) is 1. The normalized spacial score (nSPS) is 13.7. The van der Waals surface area contributed by atoms with E-state index in [0.717, 1.165) is 5.32 Å². The molecule has 2 nitrogen and oxygen atoms in total. The molecule has 0 aromatic carbocycles. The van der Waals surface area contributed by atoms with E-state index in [1.165, 1.54) is 0 Å². The summed E-state index contributed by atoms with van der Waals surface area (Å²) in [5, 5.41) is 3.98. The number of nitrogens with one attached hydrogen (secondary N) is 1. The van der Waals surface area contributed by atoms with E-state index in [2.05, 4.69) is 21.3 Å². The molecule has 0 spiro atoms. The van der Waals surface area contributed by atoms with Crippen LogP contribution in [0.25, 0.3) is 0 Å². The van der Waals surface area contributed by atoms with E-state index < -0.39 is 0 Å². The van der Waals surface area contributed by atoms with Gasteiger partial charge in [-0.05, 0) is 0 Å². The van der Waals surface area contributed by atoms with Gasteiger partial charge in [-0.1, -0.05) is 0 Å².